The summed E-state index contributed by atoms with van der Waals surface area (Å²) < 4.78 is 0. The highest BCUT2D eigenvalue weighted by molar-refractivity contribution is 5.85. The molecule has 0 radical (unpaired) electrons. The van der Waals surface area contributed by atoms with Crippen molar-refractivity contribution in [1.82, 2.24) is 10.2 Å². The molecule has 1 fully saturated rings. The van der Waals surface area contributed by atoms with E-state index in [0.29, 0.717) is 5.91 Å². The van der Waals surface area contributed by atoms with Crippen molar-refractivity contribution in [3.8, 4) is 0 Å². The van der Waals surface area contributed by atoms with E-state index in [1.54, 1.807) is 0 Å². The number of nitrogens with one attached hydrogen (secondary N) is 1. The third-order valence-corrected chi connectivity index (χ3v) is 2.54. The molecule has 78 valence electrons. The summed E-state index contributed by atoms with van der Waals surface area (Å²) in [5.74, 6) is 0.593. The van der Waals surface area contributed by atoms with E-state index in [2.05, 4.69) is 5.32 Å². The van der Waals surface area contributed by atoms with Gasteiger partial charge in [0.15, 0.2) is 0 Å². The molecular formula is C9H19ClN2O. The normalized spacial score (nSPS) is 17.7. The number of hydrogen-bond donors (Lipinski definition) is 1. The molecule has 0 aromatic rings. The topological polar surface area (TPSA) is 32.3 Å². The Hall–Kier alpha value is -0.280. The van der Waals surface area contributed by atoms with E-state index in [1.165, 1.54) is 0 Å². The minimum Gasteiger partial charge on any atom is -0.346 e. The maximum absolute atomic E-state index is 11.6. The largest absolute Gasteiger partial charge is 0.346 e. The summed E-state index contributed by atoms with van der Waals surface area (Å²) in [4.78, 5) is 13.4. The Balaban J connectivity index is 0.00000144. The smallest absolute Gasteiger partial charge is 0.225 e. The zero-order chi connectivity index (χ0) is 8.97. The first-order valence-electron chi connectivity index (χ1n) is 4.71. The second-order valence-corrected chi connectivity index (χ2v) is 3.38. The fourth-order valence-corrected chi connectivity index (χ4v) is 1.54. The highest BCUT2D eigenvalue weighted by Crippen LogP contribution is 2.13. The van der Waals surface area contributed by atoms with Crippen LogP contribution in [-0.4, -0.2) is 37.5 Å². The molecule has 0 spiro atoms. The fourth-order valence-electron chi connectivity index (χ4n) is 1.54. The van der Waals surface area contributed by atoms with Crippen molar-refractivity contribution < 1.29 is 4.79 Å². The number of carbonyl (C=O) groups is 1. The van der Waals surface area contributed by atoms with E-state index in [0.717, 1.165) is 32.5 Å². The summed E-state index contributed by atoms with van der Waals surface area (Å²) in [7, 11) is 1.88. The molecule has 0 saturated carbocycles. The van der Waals surface area contributed by atoms with Gasteiger partial charge >= 0.3 is 0 Å². The molecule has 1 amide bonds. The van der Waals surface area contributed by atoms with Crippen molar-refractivity contribution >= 4 is 18.3 Å². The zero-order valence-corrected chi connectivity index (χ0v) is 9.19. The molecule has 0 aliphatic carbocycles. The lowest BCUT2D eigenvalue weighted by Gasteiger charge is -2.25. The molecule has 0 aromatic carbocycles. The van der Waals surface area contributed by atoms with Gasteiger partial charge in [-0.1, -0.05) is 0 Å². The van der Waals surface area contributed by atoms with Gasteiger partial charge in [-0.15, -0.1) is 12.4 Å². The quantitative estimate of drug-likeness (QED) is 0.728. The summed E-state index contributed by atoms with van der Waals surface area (Å²) in [5, 5.41) is 3.26. The fraction of sp³-hybridized carbons (Fsp3) is 0.889. The molecule has 3 nitrogen and oxygen atoms in total. The lowest BCUT2D eigenvalue weighted by Crippen LogP contribution is -2.39. The molecule has 0 unspecified atom stereocenters. The Morgan fingerprint density at radius 2 is 2.00 bits per heavy atom. The van der Waals surface area contributed by atoms with Crippen molar-refractivity contribution in [2.75, 3.05) is 26.7 Å². The van der Waals surface area contributed by atoms with Gasteiger partial charge in [0, 0.05) is 19.5 Å². The van der Waals surface area contributed by atoms with Crippen molar-refractivity contribution in [3.63, 3.8) is 0 Å². The van der Waals surface area contributed by atoms with Crippen LogP contribution in [0.2, 0.25) is 0 Å². The molecule has 0 atom stereocenters. The molecule has 4 heteroatoms. The SMILES string of the molecule is CCN(C)C(=O)C1CCNCC1.Cl. The lowest BCUT2D eigenvalue weighted by molar-refractivity contribution is -0.134. The number of nitrogens with zero attached hydrogens (tertiary/aromatic N) is 1. The minimum atomic E-state index is 0. The van der Waals surface area contributed by atoms with Gasteiger partial charge < -0.3 is 10.2 Å². The van der Waals surface area contributed by atoms with Gasteiger partial charge in [-0.25, -0.2) is 0 Å². The highest BCUT2D eigenvalue weighted by atomic mass is 35.5. The van der Waals surface area contributed by atoms with Gasteiger partial charge in [0.25, 0.3) is 0 Å². The van der Waals surface area contributed by atoms with Gasteiger partial charge in [0.05, 0.1) is 0 Å². The standard InChI is InChI=1S/C9H18N2O.ClH/c1-3-11(2)9(12)8-4-6-10-7-5-8;/h8,10H,3-7H2,1-2H3;1H. The van der Waals surface area contributed by atoms with Crippen LogP contribution in [0.5, 0.6) is 0 Å². The van der Waals surface area contributed by atoms with Crippen LogP contribution >= 0.6 is 12.4 Å². The van der Waals surface area contributed by atoms with Gasteiger partial charge in [0.1, 0.15) is 0 Å². The second-order valence-electron chi connectivity index (χ2n) is 3.38. The molecule has 13 heavy (non-hydrogen) atoms. The molecule has 1 saturated heterocycles. The van der Waals surface area contributed by atoms with E-state index in [4.69, 9.17) is 0 Å². The number of piperidine rings is 1. The summed E-state index contributed by atoms with van der Waals surface area (Å²) in [6.07, 6.45) is 2.01. The summed E-state index contributed by atoms with van der Waals surface area (Å²) >= 11 is 0. The predicted octanol–water partition coefficient (Wildman–Crippen LogP) is 0.886. The van der Waals surface area contributed by atoms with Crippen molar-refractivity contribution in [2.45, 2.75) is 19.8 Å². The Bertz CT molecular complexity index is 158. The second kappa shape index (κ2) is 6.22. The molecule has 0 bridgehead atoms. The van der Waals surface area contributed by atoms with Crippen molar-refractivity contribution in [2.24, 2.45) is 5.92 Å². The molecule has 1 N–H and O–H groups in total. The van der Waals surface area contributed by atoms with Crippen molar-refractivity contribution in [3.05, 3.63) is 0 Å². The summed E-state index contributed by atoms with van der Waals surface area (Å²) in [5.41, 5.74) is 0. The van der Waals surface area contributed by atoms with Gasteiger partial charge in [-0.2, -0.15) is 0 Å². The van der Waals surface area contributed by atoms with Crippen LogP contribution in [0.4, 0.5) is 0 Å². The number of amides is 1. The summed E-state index contributed by atoms with van der Waals surface area (Å²) in [6, 6.07) is 0. The lowest BCUT2D eigenvalue weighted by atomic mass is 9.97. The van der Waals surface area contributed by atoms with Crippen LogP contribution in [0.1, 0.15) is 19.8 Å². The third kappa shape index (κ3) is 3.53. The molecule has 1 aliphatic heterocycles. The first-order chi connectivity index (χ1) is 5.75. The molecule has 1 heterocycles. The van der Waals surface area contributed by atoms with E-state index in [-0.39, 0.29) is 18.3 Å². The van der Waals surface area contributed by atoms with E-state index < -0.39 is 0 Å². The number of rotatable bonds is 2. The van der Waals surface area contributed by atoms with Crippen LogP contribution < -0.4 is 5.32 Å². The van der Waals surface area contributed by atoms with Gasteiger partial charge in [0.2, 0.25) is 5.91 Å². The first kappa shape index (κ1) is 12.7. The molecule has 1 rings (SSSR count). The Labute approximate surface area is 86.3 Å². The molecule has 1 aliphatic rings. The summed E-state index contributed by atoms with van der Waals surface area (Å²) in [6.45, 7) is 4.82. The first-order valence-corrected chi connectivity index (χ1v) is 4.71. The Morgan fingerprint density at radius 1 is 1.46 bits per heavy atom. The number of hydrogen-bond acceptors (Lipinski definition) is 2. The van der Waals surface area contributed by atoms with Gasteiger partial charge in [-0.3, -0.25) is 4.79 Å². The van der Waals surface area contributed by atoms with Crippen LogP contribution in [0, 0.1) is 5.92 Å². The monoisotopic (exact) mass is 206 g/mol. The maximum atomic E-state index is 11.6. The Morgan fingerprint density at radius 3 is 2.46 bits per heavy atom. The molecular weight excluding hydrogens is 188 g/mol. The van der Waals surface area contributed by atoms with Crippen LogP contribution in [0.3, 0.4) is 0 Å². The van der Waals surface area contributed by atoms with Crippen LogP contribution in [0.15, 0.2) is 0 Å². The highest BCUT2D eigenvalue weighted by Gasteiger charge is 2.22. The Kier molecular flexibility index (Phi) is 6.08. The van der Waals surface area contributed by atoms with Crippen molar-refractivity contribution in [1.29, 1.82) is 0 Å². The minimum absolute atomic E-state index is 0. The number of carbonyl (C=O) groups excluding carboxylic acids is 1. The van der Waals surface area contributed by atoms with Crippen LogP contribution in [0.25, 0.3) is 0 Å². The van der Waals surface area contributed by atoms with Gasteiger partial charge in [-0.05, 0) is 32.9 Å². The van der Waals surface area contributed by atoms with Crippen LogP contribution in [-0.2, 0) is 4.79 Å². The van der Waals surface area contributed by atoms with E-state index >= 15 is 0 Å². The number of halogens is 1. The molecule has 0 aromatic heterocycles. The average Bonchev–Trinajstić information content (AvgIpc) is 2.17. The zero-order valence-electron chi connectivity index (χ0n) is 8.38. The third-order valence-electron chi connectivity index (χ3n) is 2.54. The predicted molar refractivity (Wildman–Crippen MR) is 56.2 cm³/mol. The maximum Gasteiger partial charge on any atom is 0.225 e. The average molecular weight is 207 g/mol. The van der Waals surface area contributed by atoms with E-state index in [9.17, 15) is 4.79 Å². The van der Waals surface area contributed by atoms with E-state index in [1.807, 2.05) is 18.9 Å².